The van der Waals surface area contributed by atoms with Gasteiger partial charge in [0.25, 0.3) is 0 Å². The lowest BCUT2D eigenvalue weighted by Crippen LogP contribution is -2.27. The van der Waals surface area contributed by atoms with Gasteiger partial charge in [0.1, 0.15) is 0 Å². The molecule has 0 aliphatic rings. The molecule has 2 atom stereocenters. The average Bonchev–Trinajstić information content (AvgIpc) is 2.31. The second kappa shape index (κ2) is 11.1. The maximum atomic E-state index is 3.62. The molecule has 0 saturated carbocycles. The van der Waals surface area contributed by atoms with E-state index in [0.29, 0.717) is 0 Å². The minimum Gasteiger partial charge on any atom is -0.316 e. The molecule has 0 aromatic rings. The summed E-state index contributed by atoms with van der Waals surface area (Å²) in [4.78, 5) is 0. The Labute approximate surface area is 110 Å². The summed E-state index contributed by atoms with van der Waals surface area (Å²) in [6.07, 6.45) is 8.31. The van der Waals surface area contributed by atoms with Crippen molar-refractivity contribution in [1.82, 2.24) is 5.32 Å². The Morgan fingerprint density at radius 1 is 0.882 bits per heavy atom. The predicted molar refractivity (Wildman–Crippen MR) is 79.4 cm³/mol. The van der Waals surface area contributed by atoms with Crippen molar-refractivity contribution in [3.8, 4) is 0 Å². The Kier molecular flexibility index (Phi) is 11.0. The SMILES string of the molecule is CCCCC(CC)CC(CC)CNCC(C)C. The van der Waals surface area contributed by atoms with Crippen molar-refractivity contribution >= 4 is 0 Å². The van der Waals surface area contributed by atoms with Gasteiger partial charge in [-0.3, -0.25) is 0 Å². The highest BCUT2D eigenvalue weighted by molar-refractivity contribution is 4.67. The Hall–Kier alpha value is -0.0400. The summed E-state index contributed by atoms with van der Waals surface area (Å²) in [5.41, 5.74) is 0. The largest absolute Gasteiger partial charge is 0.316 e. The first-order chi connectivity index (χ1) is 8.13. The predicted octanol–water partition coefficient (Wildman–Crippen LogP) is 4.86. The Morgan fingerprint density at radius 2 is 1.53 bits per heavy atom. The zero-order valence-corrected chi connectivity index (χ0v) is 12.9. The van der Waals surface area contributed by atoms with Crippen LogP contribution < -0.4 is 5.32 Å². The van der Waals surface area contributed by atoms with Crippen LogP contribution in [-0.2, 0) is 0 Å². The van der Waals surface area contributed by atoms with Crippen LogP contribution in [0.25, 0.3) is 0 Å². The van der Waals surface area contributed by atoms with E-state index in [2.05, 4.69) is 39.9 Å². The van der Waals surface area contributed by atoms with Gasteiger partial charge < -0.3 is 5.32 Å². The van der Waals surface area contributed by atoms with E-state index in [1.807, 2.05) is 0 Å². The van der Waals surface area contributed by atoms with Crippen molar-refractivity contribution in [3.05, 3.63) is 0 Å². The normalized spacial score (nSPS) is 15.2. The molecule has 0 rings (SSSR count). The lowest BCUT2D eigenvalue weighted by atomic mass is 9.87. The molecule has 1 N–H and O–H groups in total. The molecule has 0 bridgehead atoms. The third-order valence-electron chi connectivity index (χ3n) is 3.77. The number of hydrogen-bond donors (Lipinski definition) is 1. The van der Waals surface area contributed by atoms with E-state index in [4.69, 9.17) is 0 Å². The van der Waals surface area contributed by atoms with Crippen molar-refractivity contribution in [3.63, 3.8) is 0 Å². The van der Waals surface area contributed by atoms with Gasteiger partial charge in [-0.25, -0.2) is 0 Å². The van der Waals surface area contributed by atoms with Crippen molar-refractivity contribution in [2.75, 3.05) is 13.1 Å². The summed E-state index contributed by atoms with van der Waals surface area (Å²) in [6.45, 7) is 13.9. The minimum absolute atomic E-state index is 0.773. The zero-order chi connectivity index (χ0) is 13.1. The second-order valence-corrected chi connectivity index (χ2v) is 5.98. The summed E-state index contributed by atoms with van der Waals surface area (Å²) in [7, 11) is 0. The first-order valence-electron chi connectivity index (χ1n) is 7.84. The fraction of sp³-hybridized carbons (Fsp3) is 1.00. The van der Waals surface area contributed by atoms with Gasteiger partial charge in [0, 0.05) is 0 Å². The van der Waals surface area contributed by atoms with Gasteiger partial charge in [-0.15, -0.1) is 0 Å². The molecule has 0 radical (unpaired) electrons. The van der Waals surface area contributed by atoms with Gasteiger partial charge in [-0.05, 0) is 37.3 Å². The standard InChI is InChI=1S/C16H35N/c1-6-9-10-15(7-2)11-16(8-3)13-17-12-14(4)5/h14-17H,6-13H2,1-5H3. The fourth-order valence-corrected chi connectivity index (χ4v) is 2.42. The van der Waals surface area contributed by atoms with Crippen molar-refractivity contribution in [2.45, 2.75) is 73.1 Å². The molecule has 17 heavy (non-hydrogen) atoms. The molecule has 0 spiro atoms. The topological polar surface area (TPSA) is 12.0 Å². The summed E-state index contributed by atoms with van der Waals surface area (Å²) >= 11 is 0. The van der Waals surface area contributed by atoms with Crippen LogP contribution in [0.2, 0.25) is 0 Å². The molecule has 0 amide bonds. The number of nitrogens with one attached hydrogen (secondary N) is 1. The highest BCUT2D eigenvalue weighted by Gasteiger charge is 2.13. The molecule has 0 saturated heterocycles. The lowest BCUT2D eigenvalue weighted by molar-refractivity contribution is 0.316. The molecule has 1 nitrogen and oxygen atoms in total. The van der Waals surface area contributed by atoms with Crippen LogP contribution in [0.4, 0.5) is 0 Å². The maximum Gasteiger partial charge on any atom is -0.00204 e. The van der Waals surface area contributed by atoms with E-state index >= 15 is 0 Å². The molecular weight excluding hydrogens is 206 g/mol. The van der Waals surface area contributed by atoms with Gasteiger partial charge in [0.05, 0.1) is 0 Å². The molecule has 104 valence electrons. The Morgan fingerprint density at radius 3 is 2.00 bits per heavy atom. The minimum atomic E-state index is 0.773. The highest BCUT2D eigenvalue weighted by Crippen LogP contribution is 2.23. The van der Waals surface area contributed by atoms with E-state index in [-0.39, 0.29) is 0 Å². The summed E-state index contributed by atoms with van der Waals surface area (Å²) < 4.78 is 0. The van der Waals surface area contributed by atoms with Crippen LogP contribution in [0.1, 0.15) is 73.1 Å². The van der Waals surface area contributed by atoms with Crippen LogP contribution in [-0.4, -0.2) is 13.1 Å². The molecule has 0 aromatic carbocycles. The van der Waals surface area contributed by atoms with E-state index in [1.54, 1.807) is 0 Å². The molecule has 0 aliphatic heterocycles. The third-order valence-corrected chi connectivity index (χ3v) is 3.77. The van der Waals surface area contributed by atoms with Crippen LogP contribution in [0.15, 0.2) is 0 Å². The smallest absolute Gasteiger partial charge is 0.00204 e. The molecule has 0 heterocycles. The quantitative estimate of drug-likeness (QED) is 0.544. The van der Waals surface area contributed by atoms with Crippen molar-refractivity contribution in [1.29, 1.82) is 0 Å². The van der Waals surface area contributed by atoms with E-state index < -0.39 is 0 Å². The number of unbranched alkanes of at least 4 members (excludes halogenated alkanes) is 1. The van der Waals surface area contributed by atoms with Crippen LogP contribution in [0.5, 0.6) is 0 Å². The third kappa shape index (κ3) is 9.64. The van der Waals surface area contributed by atoms with Gasteiger partial charge in [0.2, 0.25) is 0 Å². The molecule has 2 unspecified atom stereocenters. The number of rotatable bonds is 11. The Bertz CT molecular complexity index is 154. The molecular formula is C16H35N. The highest BCUT2D eigenvalue weighted by atomic mass is 14.9. The van der Waals surface area contributed by atoms with Gasteiger partial charge in [0.15, 0.2) is 0 Å². The monoisotopic (exact) mass is 241 g/mol. The zero-order valence-electron chi connectivity index (χ0n) is 12.9. The van der Waals surface area contributed by atoms with Gasteiger partial charge in [-0.1, -0.05) is 66.7 Å². The first-order valence-corrected chi connectivity index (χ1v) is 7.84. The van der Waals surface area contributed by atoms with E-state index in [0.717, 1.165) is 17.8 Å². The van der Waals surface area contributed by atoms with E-state index in [1.165, 1.54) is 51.6 Å². The second-order valence-electron chi connectivity index (χ2n) is 5.98. The van der Waals surface area contributed by atoms with Gasteiger partial charge >= 0.3 is 0 Å². The summed E-state index contributed by atoms with van der Waals surface area (Å²) in [5.74, 6) is 2.62. The van der Waals surface area contributed by atoms with Crippen LogP contribution in [0, 0.1) is 17.8 Å². The number of hydrogen-bond acceptors (Lipinski definition) is 1. The summed E-state index contributed by atoms with van der Waals surface area (Å²) in [6, 6.07) is 0. The molecule has 0 fully saturated rings. The van der Waals surface area contributed by atoms with Gasteiger partial charge in [-0.2, -0.15) is 0 Å². The Balaban J connectivity index is 3.82. The van der Waals surface area contributed by atoms with Crippen molar-refractivity contribution in [2.24, 2.45) is 17.8 Å². The summed E-state index contributed by atoms with van der Waals surface area (Å²) in [5, 5.41) is 3.62. The first kappa shape index (κ1) is 17.0. The lowest BCUT2D eigenvalue weighted by Gasteiger charge is -2.22. The fourth-order valence-electron chi connectivity index (χ4n) is 2.42. The van der Waals surface area contributed by atoms with E-state index in [9.17, 15) is 0 Å². The molecule has 0 aliphatic carbocycles. The van der Waals surface area contributed by atoms with Crippen LogP contribution >= 0.6 is 0 Å². The molecule has 0 aromatic heterocycles. The maximum absolute atomic E-state index is 3.62. The average molecular weight is 241 g/mol. The molecule has 1 heteroatoms. The van der Waals surface area contributed by atoms with Crippen LogP contribution in [0.3, 0.4) is 0 Å². The van der Waals surface area contributed by atoms with Crippen molar-refractivity contribution < 1.29 is 0 Å².